The van der Waals surface area contributed by atoms with Gasteiger partial charge in [0.25, 0.3) is 0 Å². The Balaban J connectivity index is 1.83. The Morgan fingerprint density at radius 2 is 1.94 bits per heavy atom. The first-order chi connectivity index (χ1) is 15.0. The number of thioether (sulfide) groups is 1. The largest absolute Gasteiger partial charge is 0.349 e. The summed E-state index contributed by atoms with van der Waals surface area (Å²) in [5.74, 6) is 1.39. The standard InChI is InChI=1S/C23H26Cl2N4OS/c1-3-4-5-10-22(30)26-14-21-27-28-23(31-15-17-9-7-6-8-16(17)2)29(21)20-12-11-18(24)13-19(20)25/h6-9,11-13H,3-5,10,14-15H2,1-2H3,(H,26,30). The van der Waals surface area contributed by atoms with Crippen molar-refractivity contribution in [3.63, 3.8) is 0 Å². The summed E-state index contributed by atoms with van der Waals surface area (Å²) in [5.41, 5.74) is 3.19. The molecule has 1 amide bonds. The van der Waals surface area contributed by atoms with Crippen LogP contribution >= 0.6 is 35.0 Å². The van der Waals surface area contributed by atoms with Crippen LogP contribution in [0.1, 0.15) is 49.6 Å². The minimum atomic E-state index is 0.0133. The molecular formula is C23H26Cl2N4OS. The molecule has 8 heteroatoms. The second-order valence-corrected chi connectivity index (χ2v) is 9.07. The average Bonchev–Trinajstić information content (AvgIpc) is 3.14. The molecule has 0 atom stereocenters. The molecule has 0 radical (unpaired) electrons. The minimum Gasteiger partial charge on any atom is -0.349 e. The maximum atomic E-state index is 12.2. The second-order valence-electron chi connectivity index (χ2n) is 7.28. The second kappa shape index (κ2) is 11.6. The quantitative estimate of drug-likeness (QED) is 0.272. The van der Waals surface area contributed by atoms with E-state index in [1.165, 1.54) is 11.1 Å². The van der Waals surface area contributed by atoms with Gasteiger partial charge in [0.1, 0.15) is 0 Å². The molecule has 1 heterocycles. The van der Waals surface area contributed by atoms with Gasteiger partial charge in [-0.25, -0.2) is 0 Å². The van der Waals surface area contributed by atoms with Gasteiger partial charge in [0.2, 0.25) is 5.91 Å². The highest BCUT2D eigenvalue weighted by molar-refractivity contribution is 7.98. The van der Waals surface area contributed by atoms with Crippen molar-refractivity contribution in [1.29, 1.82) is 0 Å². The number of halogens is 2. The number of benzene rings is 2. The monoisotopic (exact) mass is 476 g/mol. The molecular weight excluding hydrogens is 451 g/mol. The maximum Gasteiger partial charge on any atom is 0.220 e. The summed E-state index contributed by atoms with van der Waals surface area (Å²) in [7, 11) is 0. The highest BCUT2D eigenvalue weighted by atomic mass is 35.5. The van der Waals surface area contributed by atoms with Crippen molar-refractivity contribution in [2.24, 2.45) is 0 Å². The number of carbonyl (C=O) groups is 1. The number of unbranched alkanes of at least 4 members (excludes halogenated alkanes) is 2. The summed E-state index contributed by atoms with van der Waals surface area (Å²) < 4.78 is 1.90. The van der Waals surface area contributed by atoms with Gasteiger partial charge in [0, 0.05) is 17.2 Å². The van der Waals surface area contributed by atoms with Crippen molar-refractivity contribution in [1.82, 2.24) is 20.1 Å². The summed E-state index contributed by atoms with van der Waals surface area (Å²) in [4.78, 5) is 12.2. The van der Waals surface area contributed by atoms with Crippen molar-refractivity contribution >= 4 is 40.9 Å². The third-order valence-corrected chi connectivity index (χ3v) is 6.44. The highest BCUT2D eigenvalue weighted by Crippen LogP contribution is 2.31. The number of carbonyl (C=O) groups excluding carboxylic acids is 1. The van der Waals surface area contributed by atoms with Crippen molar-refractivity contribution in [3.8, 4) is 5.69 Å². The first kappa shape index (κ1) is 23.6. The fourth-order valence-corrected chi connectivity index (χ4v) is 4.66. The molecule has 0 fully saturated rings. The Bertz CT molecular complexity index is 1040. The van der Waals surface area contributed by atoms with Crippen molar-refractivity contribution in [2.45, 2.75) is 57.0 Å². The van der Waals surface area contributed by atoms with Crippen molar-refractivity contribution in [2.75, 3.05) is 0 Å². The van der Waals surface area contributed by atoms with Crippen LogP contribution < -0.4 is 5.32 Å². The van der Waals surface area contributed by atoms with Gasteiger partial charge in [0.15, 0.2) is 11.0 Å². The van der Waals surface area contributed by atoms with E-state index in [-0.39, 0.29) is 12.5 Å². The van der Waals surface area contributed by atoms with E-state index < -0.39 is 0 Å². The molecule has 0 aliphatic carbocycles. The minimum absolute atomic E-state index is 0.0133. The van der Waals surface area contributed by atoms with Crippen LogP contribution in [0.4, 0.5) is 0 Å². The smallest absolute Gasteiger partial charge is 0.220 e. The lowest BCUT2D eigenvalue weighted by Gasteiger charge is -2.13. The number of nitrogens with one attached hydrogen (secondary N) is 1. The van der Waals surface area contributed by atoms with E-state index >= 15 is 0 Å². The zero-order valence-electron chi connectivity index (χ0n) is 17.7. The molecule has 0 unspecified atom stereocenters. The van der Waals surface area contributed by atoms with Gasteiger partial charge in [-0.05, 0) is 42.7 Å². The number of amides is 1. The third-order valence-electron chi connectivity index (χ3n) is 4.92. The normalized spacial score (nSPS) is 11.0. The van der Waals surface area contributed by atoms with E-state index in [0.29, 0.717) is 27.4 Å². The first-order valence-electron chi connectivity index (χ1n) is 10.3. The number of hydrogen-bond acceptors (Lipinski definition) is 4. The third kappa shape index (κ3) is 6.48. The van der Waals surface area contributed by atoms with Crippen LogP contribution in [0.3, 0.4) is 0 Å². The summed E-state index contributed by atoms with van der Waals surface area (Å²) in [6, 6.07) is 13.6. The van der Waals surface area contributed by atoms with Gasteiger partial charge in [-0.1, -0.05) is 79.0 Å². The molecule has 2 aromatic carbocycles. The molecule has 1 aromatic heterocycles. The molecule has 5 nitrogen and oxygen atoms in total. The van der Waals surface area contributed by atoms with E-state index in [1.807, 2.05) is 22.8 Å². The van der Waals surface area contributed by atoms with Gasteiger partial charge in [0.05, 0.1) is 17.3 Å². The van der Waals surface area contributed by atoms with Crippen molar-refractivity contribution < 1.29 is 4.79 Å². The van der Waals surface area contributed by atoms with Gasteiger partial charge in [-0.3, -0.25) is 9.36 Å². The summed E-state index contributed by atoms with van der Waals surface area (Å²) in [6.45, 7) is 4.49. The number of aromatic nitrogens is 3. The Morgan fingerprint density at radius 1 is 1.13 bits per heavy atom. The van der Waals surface area contributed by atoms with Gasteiger partial charge in [-0.2, -0.15) is 0 Å². The lowest BCUT2D eigenvalue weighted by atomic mass is 10.1. The SMILES string of the molecule is CCCCCC(=O)NCc1nnc(SCc2ccccc2C)n1-c1ccc(Cl)cc1Cl. The maximum absolute atomic E-state index is 12.2. The zero-order valence-corrected chi connectivity index (χ0v) is 20.0. The lowest BCUT2D eigenvalue weighted by molar-refractivity contribution is -0.121. The molecule has 0 saturated heterocycles. The van der Waals surface area contributed by atoms with Gasteiger partial charge < -0.3 is 5.32 Å². The van der Waals surface area contributed by atoms with Crippen LogP contribution in [0.2, 0.25) is 10.0 Å². The molecule has 3 aromatic rings. The lowest BCUT2D eigenvalue weighted by Crippen LogP contribution is -2.24. The number of aryl methyl sites for hydroxylation is 1. The molecule has 0 bridgehead atoms. The van der Waals surface area contributed by atoms with Gasteiger partial charge >= 0.3 is 0 Å². The molecule has 31 heavy (non-hydrogen) atoms. The first-order valence-corrected chi connectivity index (χ1v) is 12.1. The molecule has 1 N–H and O–H groups in total. The predicted molar refractivity (Wildman–Crippen MR) is 128 cm³/mol. The molecule has 0 aliphatic rings. The summed E-state index contributed by atoms with van der Waals surface area (Å²) >= 11 is 14.2. The average molecular weight is 477 g/mol. The van der Waals surface area contributed by atoms with Crippen LogP contribution in [0.5, 0.6) is 0 Å². The van der Waals surface area contributed by atoms with Gasteiger partial charge in [-0.15, -0.1) is 10.2 Å². The molecule has 3 rings (SSSR count). The van der Waals surface area contributed by atoms with E-state index in [1.54, 1.807) is 23.9 Å². The fourth-order valence-electron chi connectivity index (χ4n) is 3.13. The van der Waals surface area contributed by atoms with Crippen molar-refractivity contribution in [3.05, 3.63) is 69.5 Å². The number of nitrogens with zero attached hydrogens (tertiary/aromatic N) is 3. The highest BCUT2D eigenvalue weighted by Gasteiger charge is 2.18. The van der Waals surface area contributed by atoms with E-state index in [4.69, 9.17) is 23.2 Å². The van der Waals surface area contributed by atoms with Crippen LogP contribution in [-0.4, -0.2) is 20.7 Å². The fraction of sp³-hybridized carbons (Fsp3) is 0.348. The Kier molecular flexibility index (Phi) is 8.81. The summed E-state index contributed by atoms with van der Waals surface area (Å²) in [5, 5.41) is 13.5. The Morgan fingerprint density at radius 3 is 2.68 bits per heavy atom. The van der Waals surface area contributed by atoms with Crippen LogP contribution in [0.15, 0.2) is 47.6 Å². The molecule has 164 valence electrons. The molecule has 0 saturated carbocycles. The Labute approximate surface area is 197 Å². The van der Waals surface area contributed by atoms with E-state index in [0.717, 1.165) is 30.7 Å². The van der Waals surface area contributed by atoms with E-state index in [9.17, 15) is 4.79 Å². The topological polar surface area (TPSA) is 59.8 Å². The molecule has 0 aliphatic heterocycles. The number of hydrogen-bond donors (Lipinski definition) is 1. The summed E-state index contributed by atoms with van der Waals surface area (Å²) in [6.07, 6.45) is 3.52. The zero-order chi connectivity index (χ0) is 22.2. The van der Waals surface area contributed by atoms with Crippen LogP contribution in [0.25, 0.3) is 5.69 Å². The van der Waals surface area contributed by atoms with E-state index in [2.05, 4.69) is 41.5 Å². The van der Waals surface area contributed by atoms with Crippen LogP contribution in [-0.2, 0) is 17.1 Å². The van der Waals surface area contributed by atoms with Crippen LogP contribution in [0, 0.1) is 6.92 Å². The molecule has 0 spiro atoms. The predicted octanol–water partition coefficient (Wildman–Crippen LogP) is 6.37. The Hall–Kier alpha value is -2.02. The number of rotatable bonds is 10.